The first kappa shape index (κ1) is 9.81. The Morgan fingerprint density at radius 2 is 2.40 bits per heavy atom. The number of hydrogen-bond donors (Lipinski definition) is 1. The minimum Gasteiger partial charge on any atom is -1.00 e. The number of hydrogen-bond acceptors (Lipinski definition) is 2. The summed E-state index contributed by atoms with van der Waals surface area (Å²) in [4.78, 5) is 5.18. The number of halogens is 1. The average Bonchev–Trinajstić information content (AvgIpc) is 2.34. The van der Waals surface area contributed by atoms with Crippen molar-refractivity contribution in [1.29, 1.82) is 0 Å². The van der Waals surface area contributed by atoms with E-state index in [1.165, 1.54) is 0 Å². The van der Waals surface area contributed by atoms with Gasteiger partial charge in [0.15, 0.2) is 6.20 Å². The summed E-state index contributed by atoms with van der Waals surface area (Å²) in [7, 11) is 0. The molecule has 0 saturated heterocycles. The minimum absolute atomic E-state index is 0. The molecular formula is C6H11BrN2O. The van der Waals surface area contributed by atoms with Crippen molar-refractivity contribution in [3.8, 4) is 0 Å². The fourth-order valence-electron chi connectivity index (χ4n) is 0.577. The molecule has 0 radical (unpaired) electrons. The van der Waals surface area contributed by atoms with Gasteiger partial charge in [0.2, 0.25) is 0 Å². The first-order chi connectivity index (χ1) is 4.43. The number of rotatable bonds is 3. The summed E-state index contributed by atoms with van der Waals surface area (Å²) in [5.41, 5.74) is 0. The van der Waals surface area contributed by atoms with Crippen LogP contribution in [0.5, 0.6) is 0 Å². The summed E-state index contributed by atoms with van der Waals surface area (Å²) in [6.45, 7) is 2.83. The zero-order chi connectivity index (χ0) is 6.53. The minimum atomic E-state index is 0. The van der Waals surface area contributed by atoms with Gasteiger partial charge in [0, 0.05) is 6.08 Å². The molecule has 1 unspecified atom stereocenters. The smallest absolute Gasteiger partial charge is 0.157 e. The second-order valence-electron chi connectivity index (χ2n) is 1.82. The van der Waals surface area contributed by atoms with Crippen LogP contribution in [-0.2, 0) is 4.84 Å². The van der Waals surface area contributed by atoms with Crippen LogP contribution >= 0.6 is 0 Å². The lowest BCUT2D eigenvalue weighted by Crippen LogP contribution is -3.00. The Bertz CT molecular complexity index is 124. The van der Waals surface area contributed by atoms with E-state index in [1.54, 1.807) is 6.21 Å². The molecule has 1 N–H and O–H groups in total. The van der Waals surface area contributed by atoms with Crippen LogP contribution in [0.1, 0.15) is 13.3 Å². The molecule has 0 bridgehead atoms. The molecule has 0 amide bonds. The van der Waals surface area contributed by atoms with Gasteiger partial charge < -0.3 is 17.0 Å². The number of allylic oxidation sites excluding steroid dienone is 1. The largest absolute Gasteiger partial charge is 1.00 e. The Balaban J connectivity index is 0.000000810. The van der Waals surface area contributed by atoms with Crippen molar-refractivity contribution in [1.82, 2.24) is 0 Å². The third-order valence-electron chi connectivity index (χ3n) is 0.981. The van der Waals surface area contributed by atoms with Gasteiger partial charge in [-0.15, -0.1) is 0 Å². The summed E-state index contributed by atoms with van der Waals surface area (Å²) < 4.78 is 0. The maximum absolute atomic E-state index is 5.18. The van der Waals surface area contributed by atoms with Gasteiger partial charge in [-0.25, -0.2) is 0 Å². The van der Waals surface area contributed by atoms with E-state index in [-0.39, 0.29) is 17.0 Å². The molecular weight excluding hydrogens is 196 g/mol. The highest BCUT2D eigenvalue weighted by Gasteiger charge is 2.03. The van der Waals surface area contributed by atoms with Gasteiger partial charge in [-0.2, -0.15) is 4.84 Å². The molecule has 3 nitrogen and oxygen atoms in total. The normalized spacial score (nSPS) is 21.1. The molecule has 4 heteroatoms. The van der Waals surface area contributed by atoms with E-state index in [4.69, 9.17) is 4.84 Å². The molecule has 0 aromatic rings. The molecule has 0 aromatic heterocycles. The number of nitrogens with zero attached hydrogens (tertiary/aromatic N) is 1. The maximum Gasteiger partial charge on any atom is 0.157 e. The summed E-state index contributed by atoms with van der Waals surface area (Å²) in [6.07, 6.45) is 6.48. The van der Waals surface area contributed by atoms with Gasteiger partial charge in [0.05, 0.1) is 6.21 Å². The summed E-state index contributed by atoms with van der Waals surface area (Å²) in [5, 5.41) is 4.66. The molecule has 1 atom stereocenters. The van der Waals surface area contributed by atoms with E-state index >= 15 is 0 Å². The molecule has 1 aliphatic heterocycles. The molecule has 0 aromatic carbocycles. The van der Waals surface area contributed by atoms with E-state index in [0.717, 1.165) is 18.2 Å². The van der Waals surface area contributed by atoms with Gasteiger partial charge in [0.1, 0.15) is 6.61 Å². The van der Waals surface area contributed by atoms with Gasteiger partial charge in [-0.05, 0) is 11.6 Å². The highest BCUT2D eigenvalue weighted by atomic mass is 79.9. The third-order valence-corrected chi connectivity index (χ3v) is 0.981. The highest BCUT2D eigenvalue weighted by Crippen LogP contribution is 1.74. The van der Waals surface area contributed by atoms with Crippen molar-refractivity contribution in [2.75, 3.05) is 6.61 Å². The van der Waals surface area contributed by atoms with Crippen molar-refractivity contribution < 1.29 is 27.0 Å². The van der Waals surface area contributed by atoms with Crippen molar-refractivity contribution in [3.63, 3.8) is 0 Å². The highest BCUT2D eigenvalue weighted by molar-refractivity contribution is 5.70. The molecule has 1 aliphatic rings. The Hall–Kier alpha value is -0.190. The van der Waals surface area contributed by atoms with E-state index in [2.05, 4.69) is 12.0 Å². The summed E-state index contributed by atoms with van der Waals surface area (Å²) in [5.74, 6) is 0. The van der Waals surface area contributed by atoms with Crippen molar-refractivity contribution in [2.45, 2.75) is 13.3 Å². The van der Waals surface area contributed by atoms with Gasteiger partial charge in [-0.1, -0.05) is 12.0 Å². The van der Waals surface area contributed by atoms with Crippen LogP contribution in [-0.4, -0.2) is 12.8 Å². The summed E-state index contributed by atoms with van der Waals surface area (Å²) in [6, 6.07) is 0. The Morgan fingerprint density at radius 1 is 1.60 bits per heavy atom. The van der Waals surface area contributed by atoms with Gasteiger partial charge in [-0.3, -0.25) is 0 Å². The molecule has 0 aliphatic carbocycles. The topological polar surface area (TPSA) is 26.0 Å². The molecule has 0 spiro atoms. The fraction of sp³-hybridized carbons (Fsp3) is 0.500. The predicted octanol–water partition coefficient (Wildman–Crippen LogP) is -3.27. The van der Waals surface area contributed by atoms with Crippen molar-refractivity contribution in [3.05, 3.63) is 12.3 Å². The fourth-order valence-corrected chi connectivity index (χ4v) is 0.577. The van der Waals surface area contributed by atoms with Crippen LogP contribution in [0.4, 0.5) is 0 Å². The predicted molar refractivity (Wildman–Crippen MR) is 34.8 cm³/mol. The SMILES string of the molecule is CCCO[NH+]1C=CC=N1.[Br-]. The van der Waals surface area contributed by atoms with Crippen molar-refractivity contribution in [2.24, 2.45) is 5.10 Å². The third kappa shape index (κ3) is 3.10. The molecule has 1 rings (SSSR count). The molecule has 0 saturated carbocycles. The first-order valence-corrected chi connectivity index (χ1v) is 3.14. The quantitative estimate of drug-likeness (QED) is 0.516. The second-order valence-corrected chi connectivity index (χ2v) is 1.82. The molecule has 1 heterocycles. The average molecular weight is 207 g/mol. The summed E-state index contributed by atoms with van der Waals surface area (Å²) >= 11 is 0. The van der Waals surface area contributed by atoms with Crippen molar-refractivity contribution >= 4 is 6.21 Å². The van der Waals surface area contributed by atoms with Crippen LogP contribution in [0.15, 0.2) is 17.4 Å². The molecule has 0 fully saturated rings. The zero-order valence-corrected chi connectivity index (χ0v) is 7.47. The lowest BCUT2D eigenvalue weighted by Gasteiger charge is -2.00. The van der Waals surface area contributed by atoms with Crippen LogP contribution in [0.2, 0.25) is 0 Å². The first-order valence-electron chi connectivity index (χ1n) is 3.14. The number of nitrogens with one attached hydrogen (secondary N) is 1. The number of quaternary nitrogens is 1. The van der Waals surface area contributed by atoms with E-state index in [0.29, 0.717) is 0 Å². The standard InChI is InChI=1S/C6H10N2O.BrH/c1-2-6-9-8-5-3-4-7-8;/h3-5H,2,6H2,1H3;1H. The van der Waals surface area contributed by atoms with Gasteiger partial charge >= 0.3 is 0 Å². The number of hydroxylamine groups is 1. The van der Waals surface area contributed by atoms with Crippen LogP contribution in [0.3, 0.4) is 0 Å². The van der Waals surface area contributed by atoms with E-state index in [9.17, 15) is 0 Å². The zero-order valence-electron chi connectivity index (χ0n) is 5.88. The van der Waals surface area contributed by atoms with Crippen LogP contribution in [0, 0.1) is 0 Å². The van der Waals surface area contributed by atoms with Gasteiger partial charge in [0.25, 0.3) is 0 Å². The van der Waals surface area contributed by atoms with E-state index in [1.807, 2.05) is 12.3 Å². The van der Waals surface area contributed by atoms with E-state index < -0.39 is 0 Å². The van der Waals surface area contributed by atoms with Crippen LogP contribution in [0.25, 0.3) is 0 Å². The Morgan fingerprint density at radius 3 is 2.90 bits per heavy atom. The molecule has 58 valence electrons. The monoisotopic (exact) mass is 206 g/mol. The van der Waals surface area contributed by atoms with Crippen LogP contribution < -0.4 is 22.2 Å². The lowest BCUT2D eigenvalue weighted by molar-refractivity contribution is -1.05. The maximum atomic E-state index is 5.18. The Labute approximate surface area is 71.1 Å². The lowest BCUT2D eigenvalue weighted by atomic mass is 10.5. The Kier molecular flexibility index (Phi) is 5.48. The second kappa shape index (κ2) is 5.58. The molecule has 10 heavy (non-hydrogen) atoms.